The molecule has 196 valence electrons. The van der Waals surface area contributed by atoms with Crippen molar-refractivity contribution in [1.29, 1.82) is 0 Å². The Hall–Kier alpha value is -3.99. The third-order valence-corrected chi connectivity index (χ3v) is 6.19. The van der Waals surface area contributed by atoms with E-state index in [0.717, 1.165) is 22.8 Å². The number of nitrogens with zero attached hydrogens (tertiary/aromatic N) is 3. The first-order chi connectivity index (χ1) is 18.2. The highest BCUT2D eigenvalue weighted by Gasteiger charge is 2.33. The van der Waals surface area contributed by atoms with Gasteiger partial charge in [-0.05, 0) is 61.0 Å². The summed E-state index contributed by atoms with van der Waals surface area (Å²) in [5, 5.41) is 18.7. The molecule has 1 atom stereocenters. The number of phenolic OH excluding ortho intramolecular Hbond substituents is 1. The lowest BCUT2D eigenvalue weighted by Gasteiger charge is -2.38. The number of hydrazone groups is 1. The van der Waals surface area contributed by atoms with Crippen molar-refractivity contribution in [2.75, 3.05) is 25.5 Å². The molecule has 2 N–H and O–H groups in total. The summed E-state index contributed by atoms with van der Waals surface area (Å²) in [6.07, 6.45) is 6.49. The average Bonchev–Trinajstić information content (AvgIpc) is 2.91. The van der Waals surface area contributed by atoms with E-state index in [9.17, 15) is 9.59 Å². The molecule has 2 aliphatic rings. The van der Waals surface area contributed by atoms with E-state index in [-0.39, 0.29) is 30.0 Å². The number of rotatable bonds is 2. The molecule has 7 nitrogen and oxygen atoms in total. The molecule has 2 heterocycles. The van der Waals surface area contributed by atoms with E-state index in [2.05, 4.69) is 16.3 Å². The number of halogens is 2. The molecule has 3 aromatic rings. The molecular weight excluding hydrogens is 523 g/mol. The van der Waals surface area contributed by atoms with Gasteiger partial charge in [0.1, 0.15) is 18.1 Å². The van der Waals surface area contributed by atoms with Crippen molar-refractivity contribution in [2.24, 2.45) is 11.0 Å². The monoisotopic (exact) mass is 550 g/mol. The normalized spacial score (nSPS) is 15.9. The van der Waals surface area contributed by atoms with Crippen LogP contribution in [0.15, 0.2) is 84.0 Å². The number of hydrogen-bond donors (Lipinski definition) is 2. The van der Waals surface area contributed by atoms with Crippen molar-refractivity contribution in [2.45, 2.75) is 12.8 Å². The molecule has 0 bridgehead atoms. The maximum absolute atomic E-state index is 12.4. The van der Waals surface area contributed by atoms with Gasteiger partial charge in [-0.2, -0.15) is 5.10 Å². The van der Waals surface area contributed by atoms with E-state index in [4.69, 9.17) is 34.7 Å². The fourth-order valence-electron chi connectivity index (χ4n) is 3.68. The second-order valence-electron chi connectivity index (χ2n) is 8.54. The number of carbonyl (C=O) groups excluding carboxylic acids is 2. The van der Waals surface area contributed by atoms with Crippen LogP contribution in [0.25, 0.3) is 0 Å². The van der Waals surface area contributed by atoms with Gasteiger partial charge in [0.05, 0.1) is 5.92 Å². The summed E-state index contributed by atoms with van der Waals surface area (Å²) >= 11 is 11.5. The van der Waals surface area contributed by atoms with Crippen LogP contribution in [-0.4, -0.2) is 52.8 Å². The summed E-state index contributed by atoms with van der Waals surface area (Å²) in [6.45, 7) is 0.807. The predicted molar refractivity (Wildman–Crippen MR) is 152 cm³/mol. The fraction of sp³-hybridized carbons (Fsp3) is 0.207. The summed E-state index contributed by atoms with van der Waals surface area (Å²) in [4.78, 5) is 26.0. The summed E-state index contributed by atoms with van der Waals surface area (Å²) in [5.41, 5.74) is 1.47. The zero-order valence-corrected chi connectivity index (χ0v) is 22.4. The van der Waals surface area contributed by atoms with E-state index >= 15 is 0 Å². The minimum absolute atomic E-state index is 0.0484. The van der Waals surface area contributed by atoms with Crippen LogP contribution in [-0.2, 0) is 9.59 Å². The van der Waals surface area contributed by atoms with Gasteiger partial charge in [0.15, 0.2) is 0 Å². The number of amides is 2. The van der Waals surface area contributed by atoms with Gasteiger partial charge in [0.25, 0.3) is 5.91 Å². The fourth-order valence-corrected chi connectivity index (χ4v) is 4.02. The molecule has 0 radical (unpaired) electrons. The molecule has 5 rings (SSSR count). The number of piperidine rings is 1. The van der Waals surface area contributed by atoms with Crippen LogP contribution in [0.1, 0.15) is 18.4 Å². The predicted octanol–water partition coefficient (Wildman–Crippen LogP) is 5.49. The molecule has 1 fully saturated rings. The number of nitrogens with one attached hydrogen (secondary N) is 1. The first-order valence-corrected chi connectivity index (χ1v) is 12.6. The number of phenols is 1. The van der Waals surface area contributed by atoms with E-state index < -0.39 is 0 Å². The SMILES string of the molecule is C#Cc1ccc(O)cc1.CN1N=C2CCC(C(=O)Nc3cccc(Cl)c3)CN2CC1=O.Clc1ccccc1. The Labute approximate surface area is 232 Å². The number of amidine groups is 1. The number of carbonyl (C=O) groups is 2. The number of fused-ring (bicyclic) bond motifs is 1. The lowest BCUT2D eigenvalue weighted by atomic mass is 9.96. The largest absolute Gasteiger partial charge is 0.508 e. The highest BCUT2D eigenvalue weighted by molar-refractivity contribution is 6.31. The summed E-state index contributed by atoms with van der Waals surface area (Å²) in [6, 6.07) is 23.0. The summed E-state index contributed by atoms with van der Waals surface area (Å²) < 4.78 is 0. The Balaban J connectivity index is 0.000000204. The first kappa shape index (κ1) is 28.6. The van der Waals surface area contributed by atoms with Crippen LogP contribution in [0, 0.1) is 18.3 Å². The highest BCUT2D eigenvalue weighted by Crippen LogP contribution is 2.23. The molecule has 0 saturated carbocycles. The van der Waals surface area contributed by atoms with Crippen LogP contribution < -0.4 is 5.32 Å². The molecule has 3 aromatic carbocycles. The van der Waals surface area contributed by atoms with Crippen molar-refractivity contribution in [3.63, 3.8) is 0 Å². The van der Waals surface area contributed by atoms with E-state index in [1.807, 2.05) is 35.2 Å². The highest BCUT2D eigenvalue weighted by atomic mass is 35.5. The molecule has 1 unspecified atom stereocenters. The Kier molecular flexibility index (Phi) is 10.6. The van der Waals surface area contributed by atoms with Crippen molar-refractivity contribution < 1.29 is 14.7 Å². The summed E-state index contributed by atoms with van der Waals surface area (Å²) in [5.74, 6) is 3.31. The number of likely N-dealkylation sites (N-methyl/N-ethyl adjacent to an activating group) is 1. The maximum Gasteiger partial charge on any atom is 0.261 e. The van der Waals surface area contributed by atoms with E-state index in [1.165, 1.54) is 5.01 Å². The number of hydrogen-bond acceptors (Lipinski definition) is 5. The van der Waals surface area contributed by atoms with E-state index in [0.29, 0.717) is 23.7 Å². The van der Waals surface area contributed by atoms with Crippen molar-refractivity contribution in [1.82, 2.24) is 9.91 Å². The minimum Gasteiger partial charge on any atom is -0.508 e. The topological polar surface area (TPSA) is 85.2 Å². The number of anilines is 1. The molecule has 0 spiro atoms. The zero-order chi connectivity index (χ0) is 27.5. The maximum atomic E-state index is 12.4. The van der Waals surface area contributed by atoms with Crippen LogP contribution in [0.5, 0.6) is 5.75 Å². The van der Waals surface area contributed by atoms with Crippen LogP contribution in [0.3, 0.4) is 0 Å². The van der Waals surface area contributed by atoms with Gasteiger partial charge in [-0.25, -0.2) is 5.01 Å². The zero-order valence-electron chi connectivity index (χ0n) is 20.8. The molecule has 1 saturated heterocycles. The van der Waals surface area contributed by atoms with Gasteiger partial charge in [-0.3, -0.25) is 9.59 Å². The molecule has 0 aliphatic carbocycles. The molecule has 38 heavy (non-hydrogen) atoms. The van der Waals surface area contributed by atoms with Gasteiger partial charge in [0, 0.05) is 41.3 Å². The molecule has 9 heteroatoms. The smallest absolute Gasteiger partial charge is 0.261 e. The average molecular weight is 551 g/mol. The van der Waals surface area contributed by atoms with Crippen molar-refractivity contribution >= 4 is 46.5 Å². The number of aromatic hydroxyl groups is 1. The van der Waals surface area contributed by atoms with Crippen LogP contribution in [0.2, 0.25) is 10.0 Å². The van der Waals surface area contributed by atoms with Gasteiger partial charge >= 0.3 is 0 Å². The number of benzene rings is 3. The Morgan fingerprint density at radius 2 is 1.74 bits per heavy atom. The standard InChI is InChI=1S/C15H17ClN4O2.C8H6O.C6H5Cl/c1-19-14(21)9-20-8-10(5-6-13(20)18-19)15(22)17-12-4-2-3-11(16)7-12;1-2-7-3-5-8(9)6-4-7;7-6-4-2-1-3-5-6/h2-4,7,10H,5-6,8-9H2,1H3,(H,17,22);1,3-6,9H;1-5H. The molecule has 0 aromatic heterocycles. The minimum atomic E-state index is -0.158. The Morgan fingerprint density at radius 3 is 2.34 bits per heavy atom. The van der Waals surface area contributed by atoms with Gasteiger partial charge in [-0.1, -0.05) is 53.4 Å². The second-order valence-corrected chi connectivity index (χ2v) is 9.41. The van der Waals surface area contributed by atoms with Crippen LogP contribution in [0.4, 0.5) is 5.69 Å². The summed E-state index contributed by atoms with van der Waals surface area (Å²) in [7, 11) is 1.66. The quantitative estimate of drug-likeness (QED) is 0.413. The molecular formula is C29H28Cl2N4O3. The number of terminal acetylenes is 1. The second kappa shape index (κ2) is 14.1. The molecule has 2 aliphatic heterocycles. The van der Waals surface area contributed by atoms with Crippen molar-refractivity contribution in [3.05, 3.63) is 94.5 Å². The third kappa shape index (κ3) is 8.84. The van der Waals surface area contributed by atoms with Crippen LogP contribution >= 0.6 is 23.2 Å². The lowest BCUT2D eigenvalue weighted by Crippen LogP contribution is -2.51. The Bertz CT molecular complexity index is 1310. The van der Waals surface area contributed by atoms with E-state index in [1.54, 1.807) is 55.6 Å². The molecule has 2 amide bonds. The van der Waals surface area contributed by atoms with Crippen molar-refractivity contribution in [3.8, 4) is 18.1 Å². The Morgan fingerprint density at radius 1 is 1.05 bits per heavy atom. The van der Waals surface area contributed by atoms with Gasteiger partial charge in [-0.15, -0.1) is 6.42 Å². The van der Waals surface area contributed by atoms with Gasteiger partial charge in [0.2, 0.25) is 5.91 Å². The van der Waals surface area contributed by atoms with Gasteiger partial charge < -0.3 is 15.3 Å². The third-order valence-electron chi connectivity index (χ3n) is 5.70. The first-order valence-electron chi connectivity index (χ1n) is 11.9. The lowest BCUT2D eigenvalue weighted by molar-refractivity contribution is -0.132.